The van der Waals surface area contributed by atoms with Gasteiger partial charge in [0.2, 0.25) is 11.8 Å². The summed E-state index contributed by atoms with van der Waals surface area (Å²) in [7, 11) is 0. The number of hydrogen-bond acceptors (Lipinski definition) is 4. The molecule has 174 valence electrons. The number of carbonyl (C=O) groups is 3. The lowest BCUT2D eigenvalue weighted by Crippen LogP contribution is -2.54. The largest absolute Gasteiger partial charge is 0.338 e. The normalized spacial score (nSPS) is 24.3. The van der Waals surface area contributed by atoms with Crippen molar-refractivity contribution in [3.63, 3.8) is 0 Å². The molecule has 3 heterocycles. The van der Waals surface area contributed by atoms with E-state index in [1.807, 2.05) is 41.3 Å². The average Bonchev–Trinajstić information content (AvgIpc) is 3.13. The molecule has 3 aromatic carbocycles. The molecule has 34 heavy (non-hydrogen) atoms. The Hall–Kier alpha value is -3.25. The number of benzene rings is 3. The van der Waals surface area contributed by atoms with E-state index in [0.717, 1.165) is 59.3 Å². The molecular weight excluding hydrogens is 426 g/mol. The third kappa shape index (κ3) is 3.48. The summed E-state index contributed by atoms with van der Waals surface area (Å²) < 4.78 is 0. The Labute approximate surface area is 198 Å². The molecule has 3 amide bonds. The second-order valence-corrected chi connectivity index (χ2v) is 10.1. The molecule has 0 aliphatic carbocycles. The van der Waals surface area contributed by atoms with Crippen LogP contribution in [0.2, 0.25) is 0 Å². The van der Waals surface area contributed by atoms with Crippen LogP contribution in [-0.4, -0.2) is 59.7 Å². The van der Waals surface area contributed by atoms with Gasteiger partial charge in [0.05, 0.1) is 11.0 Å². The Morgan fingerprint density at radius 2 is 1.56 bits per heavy atom. The van der Waals surface area contributed by atoms with E-state index in [4.69, 9.17) is 0 Å². The summed E-state index contributed by atoms with van der Waals surface area (Å²) in [6.07, 6.45) is 3.81. The van der Waals surface area contributed by atoms with Gasteiger partial charge in [-0.05, 0) is 59.8 Å². The van der Waals surface area contributed by atoms with Crippen LogP contribution in [0.4, 0.5) is 0 Å². The van der Waals surface area contributed by atoms with E-state index in [1.165, 1.54) is 0 Å². The highest BCUT2D eigenvalue weighted by Gasteiger charge is 2.49. The van der Waals surface area contributed by atoms with E-state index in [2.05, 4.69) is 28.4 Å². The molecule has 3 saturated heterocycles. The zero-order chi connectivity index (χ0) is 23.3. The molecule has 1 N–H and O–H groups in total. The van der Waals surface area contributed by atoms with E-state index in [0.29, 0.717) is 32.1 Å². The molecule has 3 aliphatic rings. The molecule has 6 nitrogen and oxygen atoms in total. The second kappa shape index (κ2) is 8.20. The standard InChI is InChI=1S/C28H29N3O3/c32-24-17-28(27(34)29-24)12-5-13-31(18-28)21-10-14-30(15-11-21)26(33)25-22-8-3-1-6-19(22)16-20-7-2-4-9-23(20)25/h1-4,6-9,16,21H,5,10-15,17-18H2,(H,29,32,34). The summed E-state index contributed by atoms with van der Waals surface area (Å²) in [4.78, 5) is 42.6. The van der Waals surface area contributed by atoms with Crippen molar-refractivity contribution in [1.29, 1.82) is 0 Å². The Morgan fingerprint density at radius 1 is 0.912 bits per heavy atom. The maximum absolute atomic E-state index is 13.8. The highest BCUT2D eigenvalue weighted by Crippen LogP contribution is 2.39. The highest BCUT2D eigenvalue weighted by atomic mass is 16.2. The fraction of sp³-hybridized carbons (Fsp3) is 0.393. The maximum atomic E-state index is 13.8. The first-order valence-corrected chi connectivity index (χ1v) is 12.3. The topological polar surface area (TPSA) is 69.7 Å². The summed E-state index contributed by atoms with van der Waals surface area (Å²) in [6.45, 7) is 3.01. The number of imide groups is 1. The first-order valence-electron chi connectivity index (χ1n) is 12.3. The summed E-state index contributed by atoms with van der Waals surface area (Å²) in [5, 5.41) is 6.69. The fourth-order valence-corrected chi connectivity index (χ4v) is 6.34. The predicted octanol–water partition coefficient (Wildman–Crippen LogP) is 3.73. The van der Waals surface area contributed by atoms with Crippen LogP contribution in [0.15, 0.2) is 54.6 Å². The molecule has 1 spiro atoms. The molecule has 1 unspecified atom stereocenters. The summed E-state index contributed by atoms with van der Waals surface area (Å²) >= 11 is 0. The number of likely N-dealkylation sites (tertiary alicyclic amines) is 2. The maximum Gasteiger partial charge on any atom is 0.255 e. The van der Waals surface area contributed by atoms with Crippen LogP contribution in [0, 0.1) is 5.41 Å². The zero-order valence-electron chi connectivity index (χ0n) is 19.3. The second-order valence-electron chi connectivity index (χ2n) is 10.1. The first-order chi connectivity index (χ1) is 16.5. The van der Waals surface area contributed by atoms with Crippen molar-refractivity contribution >= 4 is 39.3 Å². The minimum Gasteiger partial charge on any atom is -0.338 e. The van der Waals surface area contributed by atoms with Crippen LogP contribution in [0.25, 0.3) is 21.5 Å². The van der Waals surface area contributed by atoms with Gasteiger partial charge in [-0.2, -0.15) is 0 Å². The molecule has 3 fully saturated rings. The van der Waals surface area contributed by atoms with Crippen molar-refractivity contribution in [1.82, 2.24) is 15.1 Å². The van der Waals surface area contributed by atoms with Gasteiger partial charge < -0.3 is 4.90 Å². The van der Waals surface area contributed by atoms with Gasteiger partial charge in [0.15, 0.2) is 0 Å². The highest BCUT2D eigenvalue weighted by molar-refractivity contribution is 6.18. The van der Waals surface area contributed by atoms with Crippen molar-refractivity contribution in [3.8, 4) is 0 Å². The van der Waals surface area contributed by atoms with Crippen LogP contribution in [-0.2, 0) is 9.59 Å². The van der Waals surface area contributed by atoms with E-state index in [-0.39, 0.29) is 17.7 Å². The Morgan fingerprint density at radius 3 is 2.18 bits per heavy atom. The molecule has 3 aliphatic heterocycles. The fourth-order valence-electron chi connectivity index (χ4n) is 6.34. The molecule has 6 rings (SSSR count). The third-order valence-electron chi connectivity index (χ3n) is 8.09. The van der Waals surface area contributed by atoms with E-state index < -0.39 is 5.41 Å². The molecule has 3 aromatic rings. The van der Waals surface area contributed by atoms with Gasteiger partial charge in [0.1, 0.15) is 0 Å². The van der Waals surface area contributed by atoms with Crippen LogP contribution in [0.1, 0.15) is 42.5 Å². The van der Waals surface area contributed by atoms with Crippen LogP contribution < -0.4 is 5.32 Å². The molecule has 6 heteroatoms. The molecular formula is C28H29N3O3. The molecule has 0 radical (unpaired) electrons. The Balaban J connectivity index is 1.22. The van der Waals surface area contributed by atoms with Gasteiger partial charge in [0, 0.05) is 32.1 Å². The van der Waals surface area contributed by atoms with Crippen LogP contribution in [0.3, 0.4) is 0 Å². The lowest BCUT2D eigenvalue weighted by atomic mass is 9.77. The van der Waals surface area contributed by atoms with Gasteiger partial charge in [-0.25, -0.2) is 0 Å². The van der Waals surface area contributed by atoms with Gasteiger partial charge >= 0.3 is 0 Å². The number of nitrogens with zero attached hydrogens (tertiary/aromatic N) is 2. The number of piperidine rings is 2. The Bertz CT molecular complexity index is 1260. The van der Waals surface area contributed by atoms with Gasteiger partial charge in [0.25, 0.3) is 5.91 Å². The van der Waals surface area contributed by atoms with Crippen molar-refractivity contribution in [3.05, 3.63) is 60.2 Å². The molecule has 0 aromatic heterocycles. The van der Waals surface area contributed by atoms with Gasteiger partial charge in [-0.15, -0.1) is 0 Å². The minimum absolute atomic E-state index is 0.0994. The first kappa shape index (κ1) is 21.3. The summed E-state index contributed by atoms with van der Waals surface area (Å²) in [6, 6.07) is 18.7. The predicted molar refractivity (Wildman–Crippen MR) is 131 cm³/mol. The smallest absolute Gasteiger partial charge is 0.255 e. The lowest BCUT2D eigenvalue weighted by Gasteiger charge is -2.45. The zero-order valence-corrected chi connectivity index (χ0v) is 19.3. The summed E-state index contributed by atoms with van der Waals surface area (Å²) in [5.74, 6) is -0.144. The number of amides is 3. The van der Waals surface area contributed by atoms with Gasteiger partial charge in [-0.3, -0.25) is 24.6 Å². The molecule has 0 saturated carbocycles. The number of hydrogen-bond donors (Lipinski definition) is 1. The third-order valence-corrected chi connectivity index (χ3v) is 8.09. The van der Waals surface area contributed by atoms with Crippen molar-refractivity contribution in [2.75, 3.05) is 26.2 Å². The van der Waals surface area contributed by atoms with Gasteiger partial charge in [-0.1, -0.05) is 48.5 Å². The SMILES string of the molecule is O=C1CC2(CCCN(C3CCN(C(=O)c4c5ccccc5cc5ccccc45)CC3)C2)C(=O)N1. The van der Waals surface area contributed by atoms with Crippen LogP contribution in [0.5, 0.6) is 0 Å². The van der Waals surface area contributed by atoms with Crippen molar-refractivity contribution in [2.45, 2.75) is 38.1 Å². The number of carbonyl (C=O) groups excluding carboxylic acids is 3. The lowest BCUT2D eigenvalue weighted by molar-refractivity contribution is -0.131. The minimum atomic E-state index is -0.551. The van der Waals surface area contributed by atoms with Crippen molar-refractivity contribution in [2.24, 2.45) is 5.41 Å². The molecule has 1 atom stereocenters. The monoisotopic (exact) mass is 455 g/mol. The quantitative estimate of drug-likeness (QED) is 0.472. The van der Waals surface area contributed by atoms with Crippen LogP contribution >= 0.6 is 0 Å². The molecule has 0 bridgehead atoms. The number of rotatable bonds is 2. The van der Waals surface area contributed by atoms with Crippen molar-refractivity contribution < 1.29 is 14.4 Å². The van der Waals surface area contributed by atoms with E-state index >= 15 is 0 Å². The Kier molecular flexibility index (Phi) is 5.14. The summed E-state index contributed by atoms with van der Waals surface area (Å²) in [5.41, 5.74) is 0.245. The van der Waals surface area contributed by atoms with E-state index in [1.54, 1.807) is 0 Å². The average molecular weight is 456 g/mol. The van der Waals surface area contributed by atoms with E-state index in [9.17, 15) is 14.4 Å². The number of nitrogens with one attached hydrogen (secondary N) is 1. The number of fused-ring (bicyclic) bond motifs is 2.